The van der Waals surface area contributed by atoms with E-state index in [0.717, 1.165) is 12.8 Å². The maximum atomic E-state index is 11.5. The lowest BCUT2D eigenvalue weighted by Gasteiger charge is -2.34. The zero-order valence-corrected chi connectivity index (χ0v) is 7.82. The van der Waals surface area contributed by atoms with E-state index in [1.165, 1.54) is 0 Å². The van der Waals surface area contributed by atoms with Crippen LogP contribution in [-0.4, -0.2) is 17.0 Å². The lowest BCUT2D eigenvalue weighted by molar-refractivity contribution is -0.158. The minimum atomic E-state index is -0.807. The van der Waals surface area contributed by atoms with Crippen LogP contribution >= 0.6 is 0 Å². The predicted octanol–water partition coefficient (Wildman–Crippen LogP) is 0.363. The molecule has 4 aliphatic rings. The van der Waals surface area contributed by atoms with E-state index in [1.807, 2.05) is 0 Å². The number of hydrogen-bond acceptors (Lipinski definition) is 2. The summed E-state index contributed by atoms with van der Waals surface area (Å²) in [6.07, 6.45) is 2.80. The third kappa shape index (κ3) is 0.560. The third-order valence-corrected chi connectivity index (χ3v) is 4.91. The van der Waals surface area contributed by atoms with Gasteiger partial charge in [0.05, 0.1) is 10.8 Å². The Labute approximate surface area is 81.5 Å². The molecule has 4 heteroatoms. The average Bonchev–Trinajstić information content (AvgIpc) is 2.69. The number of carbonyl (C=O) groups is 2. The predicted molar refractivity (Wildman–Crippen MR) is 47.1 cm³/mol. The molecule has 3 N–H and O–H groups in total. The molecule has 76 valence electrons. The molecule has 14 heavy (non-hydrogen) atoms. The van der Waals surface area contributed by atoms with Gasteiger partial charge in [-0.1, -0.05) is 0 Å². The lowest BCUT2D eigenvalue weighted by atomic mass is 9.67. The maximum absolute atomic E-state index is 11.5. The molecule has 4 rings (SSSR count). The monoisotopic (exact) mass is 195 g/mol. The van der Waals surface area contributed by atoms with Gasteiger partial charge in [-0.15, -0.1) is 0 Å². The zero-order valence-electron chi connectivity index (χ0n) is 7.82. The Morgan fingerprint density at radius 3 is 1.79 bits per heavy atom. The molecule has 4 fully saturated rings. The molecule has 2 atom stereocenters. The smallest absolute Gasteiger partial charge is 0.310 e. The number of rotatable bonds is 2. The number of carboxylic acids is 1. The molecular formula is C10H13NO3. The van der Waals surface area contributed by atoms with Gasteiger partial charge in [-0.2, -0.15) is 0 Å². The first-order valence-corrected chi connectivity index (χ1v) is 5.05. The Kier molecular flexibility index (Phi) is 1.16. The normalized spacial score (nSPS) is 52.9. The van der Waals surface area contributed by atoms with E-state index in [1.54, 1.807) is 0 Å². The van der Waals surface area contributed by atoms with Crippen molar-refractivity contribution in [3.05, 3.63) is 0 Å². The summed E-state index contributed by atoms with van der Waals surface area (Å²) >= 11 is 0. The SMILES string of the molecule is NC(=O)C12CC3CC1(C(=O)O)CC3C2. The first kappa shape index (κ1) is 8.26. The molecule has 4 bridgehead atoms. The minimum Gasteiger partial charge on any atom is -0.481 e. The van der Waals surface area contributed by atoms with Gasteiger partial charge in [-0.05, 0) is 37.5 Å². The minimum absolute atomic E-state index is 0.387. The summed E-state index contributed by atoms with van der Waals surface area (Å²) in [6.45, 7) is 0. The zero-order chi connectivity index (χ0) is 10.1. The fourth-order valence-electron chi connectivity index (χ4n) is 4.37. The van der Waals surface area contributed by atoms with Crippen molar-refractivity contribution in [2.45, 2.75) is 25.7 Å². The van der Waals surface area contributed by atoms with E-state index in [4.69, 9.17) is 5.73 Å². The highest BCUT2D eigenvalue weighted by molar-refractivity contribution is 5.92. The summed E-state index contributed by atoms with van der Waals surface area (Å²) in [5.74, 6) is -0.307. The van der Waals surface area contributed by atoms with Gasteiger partial charge >= 0.3 is 5.97 Å². The van der Waals surface area contributed by atoms with E-state index in [-0.39, 0.29) is 5.91 Å². The van der Waals surface area contributed by atoms with Crippen LogP contribution in [0, 0.1) is 22.7 Å². The summed E-state index contributed by atoms with van der Waals surface area (Å²) in [5, 5.41) is 9.29. The van der Waals surface area contributed by atoms with Gasteiger partial charge in [0.25, 0.3) is 0 Å². The number of amides is 1. The second kappa shape index (κ2) is 1.97. The van der Waals surface area contributed by atoms with Crippen molar-refractivity contribution >= 4 is 11.9 Å². The second-order valence-electron chi connectivity index (χ2n) is 5.17. The highest BCUT2D eigenvalue weighted by Crippen LogP contribution is 2.76. The molecule has 2 unspecified atom stereocenters. The number of primary amides is 1. The average molecular weight is 195 g/mol. The highest BCUT2D eigenvalue weighted by Gasteiger charge is 2.77. The van der Waals surface area contributed by atoms with Crippen molar-refractivity contribution in [3.8, 4) is 0 Å². The van der Waals surface area contributed by atoms with Crippen molar-refractivity contribution < 1.29 is 14.7 Å². The van der Waals surface area contributed by atoms with Crippen LogP contribution in [0.2, 0.25) is 0 Å². The standard InChI is InChI=1S/C10H13NO3/c11-7(12)9-1-5-3-10(9,8(13)14)4-6(5)2-9/h5-6H,1-4H2,(H2,11,12)(H,13,14). The quantitative estimate of drug-likeness (QED) is 0.667. The number of carbonyl (C=O) groups excluding carboxylic acids is 1. The van der Waals surface area contributed by atoms with Crippen molar-refractivity contribution in [2.24, 2.45) is 28.4 Å². The molecule has 0 spiro atoms. The fourth-order valence-corrected chi connectivity index (χ4v) is 4.37. The summed E-state index contributed by atoms with van der Waals surface area (Å²) in [7, 11) is 0. The van der Waals surface area contributed by atoms with Gasteiger partial charge in [0.1, 0.15) is 0 Å². The number of hydrogen-bond donors (Lipinski definition) is 2. The number of carboxylic acid groups (broad SMARTS) is 1. The van der Waals surface area contributed by atoms with Crippen LogP contribution in [0.15, 0.2) is 0 Å². The van der Waals surface area contributed by atoms with E-state index >= 15 is 0 Å². The first-order valence-electron chi connectivity index (χ1n) is 5.05. The topological polar surface area (TPSA) is 80.4 Å². The summed E-state index contributed by atoms with van der Waals surface area (Å²) < 4.78 is 0. The van der Waals surface area contributed by atoms with Gasteiger partial charge in [0, 0.05) is 0 Å². The molecule has 4 aliphatic carbocycles. The van der Waals surface area contributed by atoms with Crippen LogP contribution in [0.25, 0.3) is 0 Å². The maximum Gasteiger partial charge on any atom is 0.310 e. The molecule has 4 nitrogen and oxygen atoms in total. The Hall–Kier alpha value is -1.06. The molecule has 0 heterocycles. The number of nitrogens with two attached hydrogens (primary N) is 1. The van der Waals surface area contributed by atoms with Crippen LogP contribution in [0.4, 0.5) is 0 Å². The Balaban J connectivity index is 2.16. The molecule has 0 saturated heterocycles. The largest absolute Gasteiger partial charge is 0.481 e. The lowest BCUT2D eigenvalue weighted by Crippen LogP contribution is -2.48. The van der Waals surface area contributed by atoms with Crippen LogP contribution in [-0.2, 0) is 9.59 Å². The van der Waals surface area contributed by atoms with Crippen molar-refractivity contribution in [1.82, 2.24) is 0 Å². The molecule has 0 aromatic heterocycles. The van der Waals surface area contributed by atoms with Crippen molar-refractivity contribution in [1.29, 1.82) is 0 Å². The number of aliphatic carboxylic acids is 1. The molecule has 0 aromatic rings. The van der Waals surface area contributed by atoms with E-state index in [0.29, 0.717) is 24.7 Å². The molecule has 1 amide bonds. The molecule has 0 aromatic carbocycles. The molecule has 4 saturated carbocycles. The van der Waals surface area contributed by atoms with Gasteiger partial charge in [-0.3, -0.25) is 9.59 Å². The van der Waals surface area contributed by atoms with E-state index in [9.17, 15) is 14.7 Å². The fraction of sp³-hybridized carbons (Fsp3) is 0.800. The van der Waals surface area contributed by atoms with E-state index < -0.39 is 16.8 Å². The van der Waals surface area contributed by atoms with Crippen molar-refractivity contribution in [3.63, 3.8) is 0 Å². The van der Waals surface area contributed by atoms with Gasteiger partial charge in [0.2, 0.25) is 5.91 Å². The molecule has 0 aliphatic heterocycles. The highest BCUT2D eigenvalue weighted by atomic mass is 16.4. The Morgan fingerprint density at radius 1 is 1.07 bits per heavy atom. The van der Waals surface area contributed by atoms with Crippen LogP contribution < -0.4 is 5.73 Å². The van der Waals surface area contributed by atoms with Crippen LogP contribution in [0.3, 0.4) is 0 Å². The van der Waals surface area contributed by atoms with Crippen LogP contribution in [0.5, 0.6) is 0 Å². The summed E-state index contributed by atoms with van der Waals surface area (Å²) in [6, 6.07) is 0. The Bertz CT molecular complexity index is 303. The molecular weight excluding hydrogens is 182 g/mol. The van der Waals surface area contributed by atoms with Gasteiger partial charge < -0.3 is 10.8 Å². The first-order chi connectivity index (χ1) is 6.52. The second-order valence-corrected chi connectivity index (χ2v) is 5.17. The Morgan fingerprint density at radius 2 is 1.50 bits per heavy atom. The van der Waals surface area contributed by atoms with Gasteiger partial charge in [0.15, 0.2) is 0 Å². The van der Waals surface area contributed by atoms with E-state index in [2.05, 4.69) is 0 Å². The molecule has 0 radical (unpaired) electrons. The van der Waals surface area contributed by atoms with Gasteiger partial charge in [-0.25, -0.2) is 0 Å². The van der Waals surface area contributed by atoms with Crippen LogP contribution in [0.1, 0.15) is 25.7 Å². The summed E-state index contributed by atoms with van der Waals surface area (Å²) in [5.41, 5.74) is 3.91. The van der Waals surface area contributed by atoms with Crippen molar-refractivity contribution in [2.75, 3.05) is 0 Å². The summed E-state index contributed by atoms with van der Waals surface area (Å²) in [4.78, 5) is 22.8. The third-order valence-electron chi connectivity index (χ3n) is 4.91.